The van der Waals surface area contributed by atoms with E-state index in [2.05, 4.69) is 48.5 Å². The van der Waals surface area contributed by atoms with Crippen LogP contribution in [0, 0.1) is 29.6 Å². The number of carbonyl (C=O) groups excluding carboxylic acids is 2. The zero-order valence-electron chi connectivity index (χ0n) is 21.9. The molecule has 0 aromatic heterocycles. The topological polar surface area (TPSA) is 61.8 Å². The maximum Gasteiger partial charge on any atom is 0.314 e. The Morgan fingerprint density at radius 2 is 1.31 bits per heavy atom. The Labute approximate surface area is 232 Å². The van der Waals surface area contributed by atoms with Crippen LogP contribution in [-0.4, -0.2) is 24.3 Å². The van der Waals surface area contributed by atoms with Gasteiger partial charge in [0.05, 0.1) is 29.8 Å². The zero-order valence-corrected chi connectivity index (χ0v) is 22.7. The number of carbonyl (C=O) groups is 2. The molecule has 4 bridgehead atoms. The van der Waals surface area contributed by atoms with Crippen molar-refractivity contribution in [3.05, 3.63) is 84.9 Å². The molecule has 1 unspecified atom stereocenters. The van der Waals surface area contributed by atoms with Crippen LogP contribution in [0.15, 0.2) is 99.6 Å². The van der Waals surface area contributed by atoms with E-state index in [1.54, 1.807) is 0 Å². The maximum absolute atomic E-state index is 13.1. The third kappa shape index (κ3) is 4.68. The van der Waals surface area contributed by atoms with Crippen LogP contribution in [0.2, 0.25) is 0 Å². The van der Waals surface area contributed by atoms with Gasteiger partial charge in [0, 0.05) is 11.8 Å². The average molecular weight is 542 g/mol. The van der Waals surface area contributed by atoms with Gasteiger partial charge in [0.1, 0.15) is 5.75 Å². The van der Waals surface area contributed by atoms with E-state index in [1.807, 2.05) is 36.4 Å². The van der Waals surface area contributed by atoms with Crippen LogP contribution >= 0.6 is 0 Å². The van der Waals surface area contributed by atoms with Crippen LogP contribution in [0.4, 0.5) is 0 Å². The van der Waals surface area contributed by atoms with E-state index in [4.69, 9.17) is 14.2 Å². The second kappa shape index (κ2) is 10.1. The number of hydrogen-bond donors (Lipinski definition) is 0. The predicted molar refractivity (Wildman–Crippen MR) is 147 cm³/mol. The Morgan fingerprint density at radius 3 is 1.85 bits per heavy atom. The monoisotopic (exact) mass is 541 g/mol. The van der Waals surface area contributed by atoms with E-state index < -0.39 is 17.7 Å². The molecule has 0 radical (unpaired) electrons. The van der Waals surface area contributed by atoms with Crippen molar-refractivity contribution in [2.45, 2.75) is 59.0 Å². The SMILES string of the molecule is O=C(CC1COC2(OC1=O)C1CC3CC(C1)CC2C3)Oc1ccc([S+](c2ccccc2)c2ccccc2)cc1. The van der Waals surface area contributed by atoms with Crippen molar-refractivity contribution in [2.75, 3.05) is 6.61 Å². The van der Waals surface area contributed by atoms with E-state index in [1.165, 1.54) is 16.2 Å². The minimum absolute atomic E-state index is 0.0460. The molecular formula is C33H33O5S+. The second-order valence-corrected chi connectivity index (χ2v) is 13.6. The molecule has 5 aliphatic rings. The second-order valence-electron chi connectivity index (χ2n) is 11.5. The van der Waals surface area contributed by atoms with Crippen molar-refractivity contribution in [3.63, 3.8) is 0 Å². The summed E-state index contributed by atoms with van der Waals surface area (Å²) in [5.74, 6) is 0.468. The molecule has 8 rings (SSSR count). The fraction of sp³-hybridized carbons (Fsp3) is 0.394. The first-order valence-corrected chi connectivity index (χ1v) is 15.3. The Morgan fingerprint density at radius 1 is 0.769 bits per heavy atom. The first-order chi connectivity index (χ1) is 19.1. The van der Waals surface area contributed by atoms with Gasteiger partial charge in [0.2, 0.25) is 5.79 Å². The summed E-state index contributed by atoms with van der Waals surface area (Å²) >= 11 is 0. The largest absolute Gasteiger partial charge is 0.432 e. The van der Waals surface area contributed by atoms with Crippen LogP contribution in [0.25, 0.3) is 0 Å². The van der Waals surface area contributed by atoms with Gasteiger partial charge in [-0.3, -0.25) is 9.59 Å². The summed E-state index contributed by atoms with van der Waals surface area (Å²) in [6, 6.07) is 28.5. The average Bonchev–Trinajstić information content (AvgIpc) is 2.95. The summed E-state index contributed by atoms with van der Waals surface area (Å²) in [6.45, 7) is 0.228. The predicted octanol–water partition coefficient (Wildman–Crippen LogP) is 6.42. The van der Waals surface area contributed by atoms with Gasteiger partial charge in [-0.25, -0.2) is 0 Å². The first-order valence-electron chi connectivity index (χ1n) is 14.1. The van der Waals surface area contributed by atoms with Crippen LogP contribution in [-0.2, 0) is 30.0 Å². The Balaban J connectivity index is 1.00. The van der Waals surface area contributed by atoms with Gasteiger partial charge in [0.15, 0.2) is 14.7 Å². The highest BCUT2D eigenvalue weighted by Gasteiger charge is 2.62. The number of esters is 2. The molecular weight excluding hydrogens is 508 g/mol. The standard InChI is InChI=1S/C33H33O5S/c34-31(20-24-21-36-33(38-32(24)35)25-16-22-15-23(18-25)19-26(33)17-22)37-27-11-13-30(14-12-27)39(28-7-3-1-4-8-28)29-9-5-2-6-10-29/h1-14,22-26H,15-21H2/q+1. The molecule has 4 saturated carbocycles. The molecule has 3 aromatic carbocycles. The molecule has 1 heterocycles. The minimum atomic E-state index is -0.754. The molecule has 5 nitrogen and oxygen atoms in total. The summed E-state index contributed by atoms with van der Waals surface area (Å²) < 4.78 is 18.1. The van der Waals surface area contributed by atoms with Crippen molar-refractivity contribution in [2.24, 2.45) is 29.6 Å². The Kier molecular flexibility index (Phi) is 6.48. The number of ether oxygens (including phenoxy) is 3. The molecule has 1 spiro atoms. The highest BCUT2D eigenvalue weighted by molar-refractivity contribution is 7.97. The number of rotatable bonds is 6. The molecule has 1 atom stereocenters. The molecule has 1 aliphatic heterocycles. The number of hydrogen-bond acceptors (Lipinski definition) is 5. The third-order valence-corrected chi connectivity index (χ3v) is 11.3. The smallest absolute Gasteiger partial charge is 0.314 e. The molecule has 200 valence electrons. The lowest BCUT2D eigenvalue weighted by atomic mass is 9.53. The normalized spacial score (nSPS) is 30.9. The summed E-state index contributed by atoms with van der Waals surface area (Å²) in [4.78, 5) is 29.5. The van der Waals surface area contributed by atoms with Gasteiger partial charge in [-0.15, -0.1) is 0 Å². The van der Waals surface area contributed by atoms with Gasteiger partial charge in [-0.2, -0.15) is 0 Å². The van der Waals surface area contributed by atoms with Crippen LogP contribution in [0.3, 0.4) is 0 Å². The molecule has 0 amide bonds. The van der Waals surface area contributed by atoms with E-state index in [0.717, 1.165) is 42.4 Å². The van der Waals surface area contributed by atoms with Crippen LogP contribution < -0.4 is 4.74 Å². The van der Waals surface area contributed by atoms with Crippen LogP contribution in [0.1, 0.15) is 38.5 Å². The van der Waals surface area contributed by atoms with Crippen LogP contribution in [0.5, 0.6) is 5.75 Å². The minimum Gasteiger partial charge on any atom is -0.432 e. The fourth-order valence-corrected chi connectivity index (χ4v) is 9.58. The maximum atomic E-state index is 13.1. The summed E-state index contributed by atoms with van der Waals surface area (Å²) in [7, 11) is -0.271. The lowest BCUT2D eigenvalue weighted by molar-refractivity contribution is -0.344. The lowest BCUT2D eigenvalue weighted by Gasteiger charge is -2.60. The molecule has 1 saturated heterocycles. The van der Waals surface area contributed by atoms with Gasteiger partial charge in [-0.1, -0.05) is 36.4 Å². The van der Waals surface area contributed by atoms with Gasteiger partial charge in [-0.05, 0) is 92.5 Å². The van der Waals surface area contributed by atoms with Gasteiger partial charge >= 0.3 is 11.9 Å². The quantitative estimate of drug-likeness (QED) is 0.205. The summed E-state index contributed by atoms with van der Waals surface area (Å²) in [5, 5.41) is 0. The molecule has 3 aromatic rings. The van der Waals surface area contributed by atoms with Crippen molar-refractivity contribution in [1.82, 2.24) is 0 Å². The highest BCUT2D eigenvalue weighted by Crippen LogP contribution is 2.60. The Bertz CT molecular complexity index is 1270. The third-order valence-electron chi connectivity index (χ3n) is 9.04. The van der Waals surface area contributed by atoms with Crippen molar-refractivity contribution >= 4 is 22.8 Å². The van der Waals surface area contributed by atoms with Crippen molar-refractivity contribution in [3.8, 4) is 5.75 Å². The van der Waals surface area contributed by atoms with Gasteiger partial charge < -0.3 is 14.2 Å². The van der Waals surface area contributed by atoms with E-state index >= 15 is 0 Å². The zero-order chi connectivity index (χ0) is 26.4. The molecule has 39 heavy (non-hydrogen) atoms. The number of benzene rings is 3. The lowest BCUT2D eigenvalue weighted by Crippen LogP contribution is -2.64. The molecule has 4 aliphatic carbocycles. The van der Waals surface area contributed by atoms with E-state index in [9.17, 15) is 9.59 Å². The molecule has 5 fully saturated rings. The molecule has 0 N–H and O–H groups in total. The van der Waals surface area contributed by atoms with Gasteiger partial charge in [0.25, 0.3) is 0 Å². The van der Waals surface area contributed by atoms with E-state index in [-0.39, 0.29) is 29.9 Å². The van der Waals surface area contributed by atoms with Crippen molar-refractivity contribution < 1.29 is 23.8 Å². The first kappa shape index (κ1) is 24.9. The van der Waals surface area contributed by atoms with Crippen molar-refractivity contribution in [1.29, 1.82) is 0 Å². The summed E-state index contributed by atoms with van der Waals surface area (Å²) in [6.07, 6.45) is 5.66. The fourth-order valence-electron chi connectivity index (χ4n) is 7.49. The molecule has 6 heteroatoms. The summed E-state index contributed by atoms with van der Waals surface area (Å²) in [5.41, 5.74) is 0. The highest BCUT2D eigenvalue weighted by atomic mass is 32.2. The Hall–Kier alpha value is -3.09. The van der Waals surface area contributed by atoms with E-state index in [0.29, 0.717) is 17.6 Å².